The van der Waals surface area contributed by atoms with Crippen LogP contribution in [0.5, 0.6) is 0 Å². The number of fused-ring (bicyclic) bond motifs is 2. The lowest BCUT2D eigenvalue weighted by Crippen LogP contribution is -2.38. The van der Waals surface area contributed by atoms with Gasteiger partial charge in [-0.15, -0.1) is 0 Å². The summed E-state index contributed by atoms with van der Waals surface area (Å²) in [6, 6.07) is 5.20. The first kappa shape index (κ1) is 22.2. The van der Waals surface area contributed by atoms with Crippen LogP contribution in [0.15, 0.2) is 64.5 Å². The van der Waals surface area contributed by atoms with E-state index in [1.165, 1.54) is 28.6 Å². The maximum Gasteiger partial charge on any atom is 0.243 e. The Hall–Kier alpha value is -3.24. The van der Waals surface area contributed by atoms with E-state index in [2.05, 4.69) is 39.2 Å². The van der Waals surface area contributed by atoms with Crippen molar-refractivity contribution in [2.24, 2.45) is 16.6 Å². The Morgan fingerprint density at radius 2 is 1.80 bits per heavy atom. The van der Waals surface area contributed by atoms with Crippen LogP contribution < -0.4 is 11.1 Å². The van der Waals surface area contributed by atoms with Crippen LogP contribution in [0.4, 0.5) is 4.39 Å². The van der Waals surface area contributed by atoms with Crippen molar-refractivity contribution >= 4 is 21.6 Å². The number of imidazole rings is 1. The first-order valence-corrected chi connectivity index (χ1v) is 13.4. The lowest BCUT2D eigenvalue weighted by molar-refractivity contribution is 0.309. The Bertz CT molecular complexity index is 1380. The number of rotatable bonds is 4. The lowest BCUT2D eigenvalue weighted by Gasteiger charge is -2.31. The van der Waals surface area contributed by atoms with Crippen molar-refractivity contribution in [3.63, 3.8) is 0 Å². The monoisotopic (exact) mass is 494 g/mol. The maximum absolute atomic E-state index is 13.3. The van der Waals surface area contributed by atoms with Gasteiger partial charge in [-0.3, -0.25) is 4.99 Å². The van der Waals surface area contributed by atoms with E-state index >= 15 is 0 Å². The fourth-order valence-corrected chi connectivity index (χ4v) is 6.88. The number of amidine groups is 1. The molecule has 0 saturated carbocycles. The van der Waals surface area contributed by atoms with E-state index in [0.717, 1.165) is 22.9 Å². The van der Waals surface area contributed by atoms with Gasteiger partial charge in [0.2, 0.25) is 10.0 Å². The summed E-state index contributed by atoms with van der Waals surface area (Å²) in [4.78, 5) is 9.66. The highest BCUT2D eigenvalue weighted by Crippen LogP contribution is 2.35. The zero-order valence-corrected chi connectivity index (χ0v) is 20.0. The van der Waals surface area contributed by atoms with Crippen molar-refractivity contribution in [3.8, 4) is 0 Å². The summed E-state index contributed by atoms with van der Waals surface area (Å²) in [6.45, 7) is 2.06. The van der Waals surface area contributed by atoms with Gasteiger partial charge in [0.05, 0.1) is 23.2 Å². The number of sulfonamides is 1. The van der Waals surface area contributed by atoms with Gasteiger partial charge in [-0.05, 0) is 43.2 Å². The normalized spacial score (nSPS) is 24.5. The summed E-state index contributed by atoms with van der Waals surface area (Å²) in [5.41, 5.74) is 8.97. The van der Waals surface area contributed by atoms with Crippen molar-refractivity contribution < 1.29 is 12.8 Å². The molecule has 2 unspecified atom stereocenters. The molecule has 0 radical (unpaired) electrons. The minimum atomic E-state index is -3.66. The summed E-state index contributed by atoms with van der Waals surface area (Å²) in [5, 5.41) is 3.57. The predicted molar refractivity (Wildman–Crippen MR) is 132 cm³/mol. The quantitative estimate of drug-likeness (QED) is 0.679. The highest BCUT2D eigenvalue weighted by Gasteiger charge is 2.36. The second-order valence-corrected chi connectivity index (χ2v) is 11.3. The molecule has 35 heavy (non-hydrogen) atoms. The van der Waals surface area contributed by atoms with E-state index < -0.39 is 15.8 Å². The summed E-state index contributed by atoms with van der Waals surface area (Å²) in [6.07, 6.45) is 11.9. The third-order valence-corrected chi connectivity index (χ3v) is 9.14. The van der Waals surface area contributed by atoms with Crippen LogP contribution >= 0.6 is 0 Å². The molecular weight excluding hydrogens is 467 g/mol. The van der Waals surface area contributed by atoms with Gasteiger partial charge in [-0.25, -0.2) is 17.8 Å². The summed E-state index contributed by atoms with van der Waals surface area (Å²) >= 11 is 0. The van der Waals surface area contributed by atoms with Crippen molar-refractivity contribution in [1.29, 1.82) is 0 Å². The fraction of sp³-hybridized carbons (Fsp3) is 0.360. The minimum Gasteiger partial charge on any atom is -0.382 e. The van der Waals surface area contributed by atoms with E-state index in [4.69, 9.17) is 10.7 Å². The molecule has 8 nitrogen and oxygen atoms in total. The first-order chi connectivity index (χ1) is 16.9. The van der Waals surface area contributed by atoms with Crippen LogP contribution in [0.2, 0.25) is 0 Å². The van der Waals surface area contributed by atoms with Crippen LogP contribution in [0, 0.1) is 11.7 Å². The standard InChI is InChI=1S/C25H27FN6O2S/c26-18-5-7-19(8-6-18)35(33,34)31-12-9-16(10-13-31)25-30-22(23-24(27)28-11-14-32(23)25)21-15-17-3-1-2-4-20(17)29-21/h1-8,15-17,20,29H,9-14H2,(H2,27,28). The van der Waals surface area contributed by atoms with Crippen molar-refractivity contribution in [2.75, 3.05) is 19.6 Å². The molecule has 1 aliphatic carbocycles. The third kappa shape index (κ3) is 3.81. The molecule has 3 N–H and O–H groups in total. The average molecular weight is 495 g/mol. The highest BCUT2D eigenvalue weighted by atomic mass is 32.2. The largest absolute Gasteiger partial charge is 0.382 e. The number of allylic oxidation sites excluding steroid dienone is 2. The van der Waals surface area contributed by atoms with E-state index in [-0.39, 0.29) is 22.8 Å². The van der Waals surface area contributed by atoms with Gasteiger partial charge < -0.3 is 15.6 Å². The number of hydrogen-bond donors (Lipinski definition) is 2. The van der Waals surface area contributed by atoms with E-state index in [1.807, 2.05) is 6.08 Å². The van der Waals surface area contributed by atoms with Gasteiger partial charge in [0, 0.05) is 31.5 Å². The summed E-state index contributed by atoms with van der Waals surface area (Å²) in [7, 11) is -3.66. The summed E-state index contributed by atoms with van der Waals surface area (Å²) < 4.78 is 43.0. The molecular formula is C25H27FN6O2S. The van der Waals surface area contributed by atoms with Gasteiger partial charge in [0.25, 0.3) is 0 Å². The molecule has 2 aromatic rings. The number of aliphatic imine (C=N–C) groups is 1. The smallest absolute Gasteiger partial charge is 0.243 e. The van der Waals surface area contributed by atoms with E-state index in [9.17, 15) is 12.8 Å². The van der Waals surface area contributed by atoms with Crippen LogP contribution in [0.25, 0.3) is 5.70 Å². The SMILES string of the molecule is NC1=NCCn2c(C3CCN(S(=O)(=O)c4ccc(F)cc4)CC3)nc(C3=CC4C=CC=CC4N3)c21. The Labute approximate surface area is 203 Å². The molecule has 3 aliphatic heterocycles. The Kier molecular flexibility index (Phi) is 5.37. The van der Waals surface area contributed by atoms with Gasteiger partial charge in [-0.2, -0.15) is 4.31 Å². The molecule has 4 aliphatic rings. The average Bonchev–Trinajstić information content (AvgIpc) is 3.47. The Morgan fingerprint density at radius 3 is 2.54 bits per heavy atom. The van der Waals surface area contributed by atoms with Crippen LogP contribution in [-0.2, 0) is 16.6 Å². The van der Waals surface area contributed by atoms with Crippen molar-refractivity contribution in [1.82, 2.24) is 19.2 Å². The number of nitrogens with zero attached hydrogens (tertiary/aromatic N) is 4. The second-order valence-electron chi connectivity index (χ2n) is 9.32. The maximum atomic E-state index is 13.3. The third-order valence-electron chi connectivity index (χ3n) is 7.23. The molecule has 1 saturated heterocycles. The molecule has 10 heteroatoms. The van der Waals surface area contributed by atoms with Crippen LogP contribution in [0.3, 0.4) is 0 Å². The number of benzene rings is 1. The molecule has 2 atom stereocenters. The number of aromatic nitrogens is 2. The number of piperidine rings is 1. The number of nitrogens with two attached hydrogens (primary N) is 1. The predicted octanol–water partition coefficient (Wildman–Crippen LogP) is 2.36. The number of halogens is 1. The van der Waals surface area contributed by atoms with Gasteiger partial charge in [0.15, 0.2) is 0 Å². The molecule has 0 bridgehead atoms. The van der Waals surface area contributed by atoms with Crippen LogP contribution in [0.1, 0.15) is 36.0 Å². The highest BCUT2D eigenvalue weighted by molar-refractivity contribution is 7.89. The van der Waals surface area contributed by atoms with Crippen molar-refractivity contribution in [2.45, 2.75) is 36.2 Å². The zero-order valence-electron chi connectivity index (χ0n) is 19.1. The molecule has 1 aromatic carbocycles. The number of nitrogens with one attached hydrogen (secondary N) is 1. The minimum absolute atomic E-state index is 0.108. The number of hydrogen-bond acceptors (Lipinski definition) is 6. The molecule has 0 amide bonds. The van der Waals surface area contributed by atoms with E-state index in [1.54, 1.807) is 0 Å². The fourth-order valence-electron chi connectivity index (χ4n) is 5.41. The zero-order chi connectivity index (χ0) is 24.2. The lowest BCUT2D eigenvalue weighted by atomic mass is 9.97. The topological polar surface area (TPSA) is 106 Å². The second kappa shape index (κ2) is 8.46. The molecule has 6 rings (SSSR count). The molecule has 0 spiro atoms. The van der Waals surface area contributed by atoms with Gasteiger partial charge in [-0.1, -0.05) is 24.3 Å². The summed E-state index contributed by atoms with van der Waals surface area (Å²) in [5.74, 6) is 1.36. The van der Waals surface area contributed by atoms with Gasteiger partial charge >= 0.3 is 0 Å². The van der Waals surface area contributed by atoms with E-state index in [0.29, 0.717) is 44.9 Å². The molecule has 1 aromatic heterocycles. The first-order valence-electron chi connectivity index (χ1n) is 11.9. The van der Waals surface area contributed by atoms with Crippen LogP contribution in [-0.4, -0.2) is 53.8 Å². The molecule has 182 valence electrons. The Balaban J connectivity index is 1.27. The van der Waals surface area contributed by atoms with Crippen molar-refractivity contribution in [3.05, 3.63) is 77.7 Å². The van der Waals surface area contributed by atoms with Gasteiger partial charge in [0.1, 0.15) is 28.9 Å². The Morgan fingerprint density at radius 1 is 1.06 bits per heavy atom. The molecule has 1 fully saturated rings. The molecule has 4 heterocycles.